The first kappa shape index (κ1) is 18.7. The first-order valence-electron chi connectivity index (χ1n) is 10.0. The minimum atomic E-state index is 0.132. The minimum absolute atomic E-state index is 0.132. The second-order valence-electron chi connectivity index (χ2n) is 8.08. The number of carbonyl (C=O) groups excluding carboxylic acids is 1. The molecular weight excluding hydrogens is 352 g/mol. The van der Waals surface area contributed by atoms with E-state index in [1.54, 1.807) is 6.20 Å². The fourth-order valence-corrected chi connectivity index (χ4v) is 4.52. The Labute approximate surface area is 166 Å². The van der Waals surface area contributed by atoms with E-state index in [0.29, 0.717) is 18.9 Å². The molecule has 4 rings (SSSR count). The van der Waals surface area contributed by atoms with Crippen LogP contribution in [-0.2, 0) is 11.3 Å². The van der Waals surface area contributed by atoms with Crippen molar-refractivity contribution in [3.05, 3.63) is 41.9 Å². The number of nitrogens with one attached hydrogen (secondary N) is 1. The van der Waals surface area contributed by atoms with E-state index < -0.39 is 0 Å². The molecule has 0 unspecified atom stereocenters. The zero-order valence-corrected chi connectivity index (χ0v) is 16.7. The molecule has 2 aromatic rings. The number of anilines is 2. The second kappa shape index (κ2) is 7.73. The maximum absolute atomic E-state index is 12.6. The van der Waals surface area contributed by atoms with Gasteiger partial charge in [0.15, 0.2) is 0 Å². The van der Waals surface area contributed by atoms with Crippen LogP contribution in [0.3, 0.4) is 0 Å². The predicted molar refractivity (Wildman–Crippen MR) is 109 cm³/mol. The van der Waals surface area contributed by atoms with Gasteiger partial charge in [-0.2, -0.15) is 4.98 Å². The smallest absolute Gasteiger partial charge is 0.224 e. The largest absolute Gasteiger partial charge is 0.357 e. The fourth-order valence-electron chi connectivity index (χ4n) is 4.52. The van der Waals surface area contributed by atoms with E-state index in [1.807, 2.05) is 37.2 Å². The molecule has 4 heterocycles. The Kier molecular flexibility index (Phi) is 5.15. The zero-order valence-electron chi connectivity index (χ0n) is 16.7. The number of aromatic nitrogens is 3. The van der Waals surface area contributed by atoms with Gasteiger partial charge < -0.3 is 15.1 Å². The van der Waals surface area contributed by atoms with Crippen molar-refractivity contribution in [1.29, 1.82) is 0 Å². The van der Waals surface area contributed by atoms with Crippen LogP contribution in [0.2, 0.25) is 0 Å². The van der Waals surface area contributed by atoms with Gasteiger partial charge in [0.1, 0.15) is 5.82 Å². The Bertz CT molecular complexity index is 842. The van der Waals surface area contributed by atoms with E-state index in [2.05, 4.69) is 31.2 Å². The van der Waals surface area contributed by atoms with E-state index >= 15 is 0 Å². The first-order chi connectivity index (χ1) is 13.6. The summed E-state index contributed by atoms with van der Waals surface area (Å²) in [5.74, 6) is 1.89. The van der Waals surface area contributed by atoms with Crippen LogP contribution in [0.4, 0.5) is 11.8 Å². The SMILES string of the molecule is CNc1nc(C)cc(N2CCC[C@@]3(CCC(=O)N(Cc4cccnc4)C3)C2)n1. The molecule has 2 aliphatic rings. The number of nitrogens with zero attached hydrogens (tertiary/aromatic N) is 5. The van der Waals surface area contributed by atoms with Gasteiger partial charge in [0, 0.05) is 69.2 Å². The summed E-state index contributed by atoms with van der Waals surface area (Å²) < 4.78 is 0. The van der Waals surface area contributed by atoms with Crippen molar-refractivity contribution in [3.8, 4) is 0 Å². The van der Waals surface area contributed by atoms with Gasteiger partial charge in [0.2, 0.25) is 11.9 Å². The summed E-state index contributed by atoms with van der Waals surface area (Å²) in [6.45, 7) is 5.38. The Morgan fingerprint density at radius 1 is 1.25 bits per heavy atom. The van der Waals surface area contributed by atoms with Crippen LogP contribution in [0.15, 0.2) is 30.6 Å². The quantitative estimate of drug-likeness (QED) is 0.879. The highest BCUT2D eigenvalue weighted by molar-refractivity contribution is 5.77. The van der Waals surface area contributed by atoms with E-state index in [4.69, 9.17) is 0 Å². The lowest BCUT2D eigenvalue weighted by molar-refractivity contribution is -0.138. The van der Waals surface area contributed by atoms with Crippen LogP contribution in [0, 0.1) is 12.3 Å². The van der Waals surface area contributed by atoms with Crippen molar-refractivity contribution in [2.75, 3.05) is 36.9 Å². The number of carbonyl (C=O) groups is 1. The van der Waals surface area contributed by atoms with Gasteiger partial charge in [-0.3, -0.25) is 9.78 Å². The van der Waals surface area contributed by atoms with E-state index in [1.165, 1.54) is 0 Å². The van der Waals surface area contributed by atoms with Crippen molar-refractivity contribution >= 4 is 17.7 Å². The third-order valence-electron chi connectivity index (χ3n) is 5.89. The number of piperidine rings is 2. The van der Waals surface area contributed by atoms with E-state index in [-0.39, 0.29) is 11.3 Å². The molecule has 7 nitrogen and oxygen atoms in total. The Hall–Kier alpha value is -2.70. The third-order valence-corrected chi connectivity index (χ3v) is 5.89. The van der Waals surface area contributed by atoms with Gasteiger partial charge in [-0.1, -0.05) is 6.07 Å². The Balaban J connectivity index is 1.52. The monoisotopic (exact) mass is 380 g/mol. The molecule has 0 radical (unpaired) electrons. The molecule has 0 aromatic carbocycles. The molecule has 0 bridgehead atoms. The number of aryl methyl sites for hydroxylation is 1. The molecule has 2 saturated heterocycles. The van der Waals surface area contributed by atoms with Gasteiger partial charge in [0.05, 0.1) is 0 Å². The molecule has 1 atom stereocenters. The predicted octanol–water partition coefficient (Wildman–Crippen LogP) is 2.63. The summed E-state index contributed by atoms with van der Waals surface area (Å²) in [5, 5.41) is 3.05. The number of pyridine rings is 1. The molecule has 1 amide bonds. The normalized spacial score (nSPS) is 22.6. The second-order valence-corrected chi connectivity index (χ2v) is 8.08. The van der Waals surface area contributed by atoms with Crippen molar-refractivity contribution < 1.29 is 4.79 Å². The van der Waals surface area contributed by atoms with Crippen molar-refractivity contribution in [3.63, 3.8) is 0 Å². The van der Waals surface area contributed by atoms with Crippen LogP contribution in [-0.4, -0.2) is 52.4 Å². The average Bonchev–Trinajstić information content (AvgIpc) is 2.71. The van der Waals surface area contributed by atoms with Crippen molar-refractivity contribution in [2.45, 2.75) is 39.2 Å². The van der Waals surface area contributed by atoms with E-state index in [9.17, 15) is 4.79 Å². The molecule has 2 aromatic heterocycles. The molecule has 0 aliphatic carbocycles. The lowest BCUT2D eigenvalue weighted by Gasteiger charge is -2.48. The minimum Gasteiger partial charge on any atom is -0.357 e. The Morgan fingerprint density at radius 3 is 2.93 bits per heavy atom. The molecule has 1 N–H and O–H groups in total. The van der Waals surface area contributed by atoms with E-state index in [0.717, 1.165) is 56.0 Å². The summed E-state index contributed by atoms with van der Waals surface area (Å²) in [7, 11) is 1.85. The van der Waals surface area contributed by atoms with Gasteiger partial charge in [0.25, 0.3) is 0 Å². The standard InChI is InChI=1S/C21H28N6O/c1-16-11-18(25-20(22-2)24-16)26-10-4-7-21(14-26)8-6-19(28)27(15-21)13-17-5-3-9-23-12-17/h3,5,9,11-12H,4,6-8,10,13-15H2,1-2H3,(H,22,24,25)/t21-/m1/s1. The van der Waals surface area contributed by atoms with Crippen LogP contribution in [0.5, 0.6) is 0 Å². The summed E-state index contributed by atoms with van der Waals surface area (Å²) in [5.41, 5.74) is 2.18. The molecule has 7 heteroatoms. The highest BCUT2D eigenvalue weighted by Gasteiger charge is 2.42. The molecule has 0 saturated carbocycles. The summed E-state index contributed by atoms with van der Waals surface area (Å²) in [6.07, 6.45) is 7.47. The maximum atomic E-state index is 12.6. The molecule has 2 fully saturated rings. The molecule has 1 spiro atoms. The van der Waals surface area contributed by atoms with Crippen LogP contribution in [0.1, 0.15) is 36.9 Å². The number of hydrogen-bond acceptors (Lipinski definition) is 6. The van der Waals surface area contributed by atoms with Gasteiger partial charge in [-0.15, -0.1) is 0 Å². The number of amides is 1. The first-order valence-corrected chi connectivity index (χ1v) is 10.0. The molecule has 2 aliphatic heterocycles. The number of likely N-dealkylation sites (tertiary alicyclic amines) is 1. The lowest BCUT2D eigenvalue weighted by atomic mass is 9.73. The van der Waals surface area contributed by atoms with Crippen LogP contribution >= 0.6 is 0 Å². The Morgan fingerprint density at radius 2 is 2.14 bits per heavy atom. The van der Waals surface area contributed by atoms with Gasteiger partial charge in [-0.25, -0.2) is 4.98 Å². The van der Waals surface area contributed by atoms with Gasteiger partial charge >= 0.3 is 0 Å². The van der Waals surface area contributed by atoms with Crippen molar-refractivity contribution in [2.24, 2.45) is 5.41 Å². The number of hydrogen-bond donors (Lipinski definition) is 1. The summed E-state index contributed by atoms with van der Waals surface area (Å²) >= 11 is 0. The number of rotatable bonds is 4. The fraction of sp³-hybridized carbons (Fsp3) is 0.524. The molecular formula is C21H28N6O. The average molecular weight is 380 g/mol. The summed E-state index contributed by atoms with van der Waals surface area (Å²) in [6, 6.07) is 6.03. The van der Waals surface area contributed by atoms with Crippen LogP contribution in [0.25, 0.3) is 0 Å². The maximum Gasteiger partial charge on any atom is 0.224 e. The topological polar surface area (TPSA) is 74.2 Å². The highest BCUT2D eigenvalue weighted by Crippen LogP contribution is 2.40. The third kappa shape index (κ3) is 3.93. The lowest BCUT2D eigenvalue weighted by Crippen LogP contribution is -2.54. The zero-order chi connectivity index (χ0) is 19.6. The van der Waals surface area contributed by atoms with Crippen molar-refractivity contribution in [1.82, 2.24) is 19.9 Å². The highest BCUT2D eigenvalue weighted by atomic mass is 16.2. The molecule has 28 heavy (non-hydrogen) atoms. The van der Waals surface area contributed by atoms with Gasteiger partial charge in [-0.05, 0) is 37.8 Å². The summed E-state index contributed by atoms with van der Waals surface area (Å²) in [4.78, 5) is 30.2. The molecule has 148 valence electrons. The van der Waals surface area contributed by atoms with Crippen LogP contribution < -0.4 is 10.2 Å².